The molecule has 0 amide bonds. The van der Waals surface area contributed by atoms with E-state index < -0.39 is 0 Å². The van der Waals surface area contributed by atoms with E-state index >= 15 is 0 Å². The third kappa shape index (κ3) is 2.59. The second-order valence-electron chi connectivity index (χ2n) is 4.44. The summed E-state index contributed by atoms with van der Waals surface area (Å²) in [4.78, 5) is 4.35. The van der Waals surface area contributed by atoms with Gasteiger partial charge >= 0.3 is 0 Å². The predicted octanol–water partition coefficient (Wildman–Crippen LogP) is 2.31. The molecule has 2 rings (SSSR count). The molecule has 0 bridgehead atoms. The molecular weight excluding hydrogens is 224 g/mol. The van der Waals surface area contributed by atoms with E-state index in [1.807, 2.05) is 37.1 Å². The third-order valence-electron chi connectivity index (χ3n) is 3.09. The number of rotatable bonds is 5. The standard InChI is InChI=1S/C14H20N4/c1-4-8-18-10-12(9-17-18)14(15-3)13-6-5-7-16-11(13)2/h5-7,9-10,14-15H,4,8H2,1-3H3. The van der Waals surface area contributed by atoms with E-state index in [1.165, 1.54) is 11.1 Å². The zero-order chi connectivity index (χ0) is 13.0. The Hall–Kier alpha value is -1.68. The summed E-state index contributed by atoms with van der Waals surface area (Å²) in [7, 11) is 1.97. The molecule has 1 unspecified atom stereocenters. The first-order valence-electron chi connectivity index (χ1n) is 6.37. The van der Waals surface area contributed by atoms with E-state index in [4.69, 9.17) is 0 Å². The van der Waals surface area contributed by atoms with Crippen molar-refractivity contribution in [3.63, 3.8) is 0 Å². The fraction of sp³-hybridized carbons (Fsp3) is 0.429. The first kappa shape index (κ1) is 12.8. The van der Waals surface area contributed by atoms with Crippen molar-refractivity contribution in [2.45, 2.75) is 32.9 Å². The first-order valence-corrected chi connectivity index (χ1v) is 6.37. The minimum Gasteiger partial charge on any atom is -0.309 e. The molecule has 96 valence electrons. The molecule has 4 heteroatoms. The Morgan fingerprint density at radius 1 is 1.44 bits per heavy atom. The van der Waals surface area contributed by atoms with Gasteiger partial charge in [0.1, 0.15) is 0 Å². The average Bonchev–Trinajstić information content (AvgIpc) is 2.82. The van der Waals surface area contributed by atoms with Crippen molar-refractivity contribution in [2.75, 3.05) is 7.05 Å². The number of hydrogen-bond acceptors (Lipinski definition) is 3. The largest absolute Gasteiger partial charge is 0.309 e. The molecule has 4 nitrogen and oxygen atoms in total. The SMILES string of the molecule is CCCn1cc(C(NC)c2cccnc2C)cn1. The number of aromatic nitrogens is 3. The lowest BCUT2D eigenvalue weighted by atomic mass is 10.0. The Labute approximate surface area is 108 Å². The highest BCUT2D eigenvalue weighted by Gasteiger charge is 2.16. The summed E-state index contributed by atoms with van der Waals surface area (Å²) in [6.45, 7) is 5.15. The molecule has 0 aliphatic carbocycles. The van der Waals surface area contributed by atoms with Crippen LogP contribution in [-0.2, 0) is 6.54 Å². The fourth-order valence-electron chi connectivity index (χ4n) is 2.18. The maximum absolute atomic E-state index is 4.39. The molecule has 1 atom stereocenters. The van der Waals surface area contributed by atoms with Gasteiger partial charge in [-0.3, -0.25) is 9.67 Å². The van der Waals surface area contributed by atoms with E-state index in [-0.39, 0.29) is 6.04 Å². The van der Waals surface area contributed by atoms with Gasteiger partial charge in [0.05, 0.1) is 12.2 Å². The first-order chi connectivity index (χ1) is 8.76. The number of nitrogens with zero attached hydrogens (tertiary/aromatic N) is 3. The Balaban J connectivity index is 2.30. The summed E-state index contributed by atoms with van der Waals surface area (Å²) in [5.41, 5.74) is 3.44. The molecule has 18 heavy (non-hydrogen) atoms. The predicted molar refractivity (Wildman–Crippen MR) is 72.4 cm³/mol. The zero-order valence-electron chi connectivity index (χ0n) is 11.2. The molecule has 1 N–H and O–H groups in total. The van der Waals surface area contributed by atoms with Crippen molar-refractivity contribution in [1.82, 2.24) is 20.1 Å². The Morgan fingerprint density at radius 2 is 2.28 bits per heavy atom. The Morgan fingerprint density at radius 3 is 2.94 bits per heavy atom. The Bertz CT molecular complexity index is 504. The van der Waals surface area contributed by atoms with Gasteiger partial charge in [0.15, 0.2) is 0 Å². The molecule has 0 saturated carbocycles. The lowest BCUT2D eigenvalue weighted by molar-refractivity contribution is 0.600. The molecule has 0 fully saturated rings. The van der Waals surface area contributed by atoms with Crippen LogP contribution in [-0.4, -0.2) is 21.8 Å². The molecule has 2 heterocycles. The quantitative estimate of drug-likeness (QED) is 0.877. The molecule has 0 aliphatic heterocycles. The normalized spacial score (nSPS) is 12.6. The molecule has 0 radical (unpaired) electrons. The summed E-state index contributed by atoms with van der Waals surface area (Å²) >= 11 is 0. The minimum atomic E-state index is 0.157. The molecule has 2 aromatic heterocycles. The summed E-state index contributed by atoms with van der Waals surface area (Å²) < 4.78 is 1.99. The average molecular weight is 244 g/mol. The van der Waals surface area contributed by atoms with Gasteiger partial charge in [-0.2, -0.15) is 5.10 Å². The van der Waals surface area contributed by atoms with Crippen molar-refractivity contribution in [3.05, 3.63) is 47.5 Å². The molecular formula is C14H20N4. The van der Waals surface area contributed by atoms with Gasteiger partial charge in [0.2, 0.25) is 0 Å². The van der Waals surface area contributed by atoms with Crippen LogP contribution in [0.25, 0.3) is 0 Å². The summed E-state index contributed by atoms with van der Waals surface area (Å²) in [6.07, 6.45) is 6.96. The maximum atomic E-state index is 4.39. The van der Waals surface area contributed by atoms with Crippen molar-refractivity contribution < 1.29 is 0 Å². The van der Waals surface area contributed by atoms with Crippen molar-refractivity contribution in [2.24, 2.45) is 0 Å². The van der Waals surface area contributed by atoms with E-state index in [0.717, 1.165) is 18.7 Å². The van der Waals surface area contributed by atoms with Crippen molar-refractivity contribution >= 4 is 0 Å². The lowest BCUT2D eigenvalue weighted by Crippen LogP contribution is -2.18. The number of nitrogens with one attached hydrogen (secondary N) is 1. The van der Waals surface area contributed by atoms with Crippen molar-refractivity contribution in [3.8, 4) is 0 Å². The van der Waals surface area contributed by atoms with E-state index in [2.05, 4.69) is 34.6 Å². The third-order valence-corrected chi connectivity index (χ3v) is 3.09. The van der Waals surface area contributed by atoms with Crippen LogP contribution in [0.2, 0.25) is 0 Å². The summed E-state index contributed by atoms with van der Waals surface area (Å²) in [5, 5.41) is 7.72. The van der Waals surface area contributed by atoms with Crippen LogP contribution in [0.4, 0.5) is 0 Å². The maximum Gasteiger partial charge on any atom is 0.0623 e. The van der Waals surface area contributed by atoms with E-state index in [0.29, 0.717) is 0 Å². The van der Waals surface area contributed by atoms with Gasteiger partial charge in [-0.15, -0.1) is 0 Å². The second kappa shape index (κ2) is 5.78. The van der Waals surface area contributed by atoms with E-state index in [9.17, 15) is 0 Å². The van der Waals surface area contributed by atoms with Gasteiger partial charge < -0.3 is 5.32 Å². The minimum absolute atomic E-state index is 0.157. The smallest absolute Gasteiger partial charge is 0.0623 e. The Kier molecular flexibility index (Phi) is 4.10. The van der Waals surface area contributed by atoms with Gasteiger partial charge in [0.25, 0.3) is 0 Å². The highest BCUT2D eigenvalue weighted by Crippen LogP contribution is 2.22. The zero-order valence-corrected chi connectivity index (χ0v) is 11.2. The van der Waals surface area contributed by atoms with Gasteiger partial charge in [-0.1, -0.05) is 13.0 Å². The number of hydrogen-bond donors (Lipinski definition) is 1. The van der Waals surface area contributed by atoms with Gasteiger partial charge in [-0.25, -0.2) is 0 Å². The van der Waals surface area contributed by atoms with Crippen LogP contribution < -0.4 is 5.32 Å². The van der Waals surface area contributed by atoms with Crippen molar-refractivity contribution in [1.29, 1.82) is 0 Å². The topological polar surface area (TPSA) is 42.7 Å². The highest BCUT2D eigenvalue weighted by atomic mass is 15.3. The van der Waals surface area contributed by atoms with Crippen LogP contribution in [0.1, 0.15) is 36.2 Å². The van der Waals surface area contributed by atoms with Crippen LogP contribution in [0, 0.1) is 6.92 Å². The summed E-state index contributed by atoms with van der Waals surface area (Å²) in [6, 6.07) is 4.24. The second-order valence-corrected chi connectivity index (χ2v) is 4.44. The highest BCUT2D eigenvalue weighted by molar-refractivity contribution is 5.31. The molecule has 0 saturated heterocycles. The molecule has 0 spiro atoms. The van der Waals surface area contributed by atoms with Crippen LogP contribution >= 0.6 is 0 Å². The van der Waals surface area contributed by atoms with Crippen LogP contribution in [0.15, 0.2) is 30.7 Å². The molecule has 0 aromatic carbocycles. The van der Waals surface area contributed by atoms with Crippen LogP contribution in [0.3, 0.4) is 0 Å². The van der Waals surface area contributed by atoms with Crippen LogP contribution in [0.5, 0.6) is 0 Å². The van der Waals surface area contributed by atoms with E-state index in [1.54, 1.807) is 0 Å². The monoisotopic (exact) mass is 244 g/mol. The lowest BCUT2D eigenvalue weighted by Gasteiger charge is -2.16. The van der Waals surface area contributed by atoms with Gasteiger partial charge in [-0.05, 0) is 32.0 Å². The summed E-state index contributed by atoms with van der Waals surface area (Å²) in [5.74, 6) is 0. The molecule has 0 aliphatic rings. The number of aryl methyl sites for hydroxylation is 2. The van der Waals surface area contributed by atoms with Gasteiger partial charge in [0, 0.05) is 30.2 Å². The molecule has 2 aromatic rings. The fourth-order valence-corrected chi connectivity index (χ4v) is 2.18. The number of pyridine rings is 1.